The lowest BCUT2D eigenvalue weighted by molar-refractivity contribution is 0.206. The number of rotatable bonds is 4. The molecule has 0 bridgehead atoms. The Morgan fingerprint density at radius 2 is 1.89 bits per heavy atom. The van der Waals surface area contributed by atoms with Crippen molar-refractivity contribution in [1.82, 2.24) is 15.5 Å². The van der Waals surface area contributed by atoms with E-state index in [-0.39, 0.29) is 24.0 Å². The molecule has 112 valence electrons. The second-order valence-corrected chi connectivity index (χ2v) is 5.80. The summed E-state index contributed by atoms with van der Waals surface area (Å²) in [4.78, 5) is 6.90. The van der Waals surface area contributed by atoms with Gasteiger partial charge in [-0.3, -0.25) is 4.99 Å². The highest BCUT2D eigenvalue weighted by molar-refractivity contribution is 14.0. The molecular formula is C14H29IN4. The van der Waals surface area contributed by atoms with Crippen LogP contribution in [0.1, 0.15) is 39.5 Å². The van der Waals surface area contributed by atoms with Gasteiger partial charge < -0.3 is 15.5 Å². The van der Waals surface area contributed by atoms with Crippen molar-refractivity contribution in [1.29, 1.82) is 0 Å². The monoisotopic (exact) mass is 380 g/mol. The standard InChI is InChI=1S/C14H28N4.HI/c1-4-7-18-8-5-12(6-9-18)16-14(15-3)17-13-10-11(13)2;/h11-13H,4-10H2,1-3H3,(H2,15,16,17);1H. The molecule has 19 heavy (non-hydrogen) atoms. The molecule has 0 aromatic rings. The zero-order valence-corrected chi connectivity index (χ0v) is 14.8. The first-order chi connectivity index (χ1) is 8.72. The van der Waals surface area contributed by atoms with Crippen molar-refractivity contribution in [2.45, 2.75) is 51.6 Å². The number of guanidine groups is 1. The SMILES string of the molecule is CCCN1CCC(NC(=NC)NC2CC2C)CC1.I. The molecule has 1 saturated heterocycles. The Morgan fingerprint density at radius 1 is 1.26 bits per heavy atom. The molecule has 2 rings (SSSR count). The number of nitrogens with one attached hydrogen (secondary N) is 2. The minimum absolute atomic E-state index is 0. The van der Waals surface area contributed by atoms with Gasteiger partial charge in [-0.1, -0.05) is 13.8 Å². The van der Waals surface area contributed by atoms with Gasteiger partial charge in [-0.2, -0.15) is 0 Å². The third kappa shape index (κ3) is 5.45. The van der Waals surface area contributed by atoms with Gasteiger partial charge >= 0.3 is 0 Å². The van der Waals surface area contributed by atoms with Crippen LogP contribution in [-0.2, 0) is 0 Å². The third-order valence-electron chi connectivity index (χ3n) is 4.12. The van der Waals surface area contributed by atoms with E-state index in [1.54, 1.807) is 0 Å². The van der Waals surface area contributed by atoms with Crippen molar-refractivity contribution in [3.05, 3.63) is 0 Å². The van der Waals surface area contributed by atoms with Crippen molar-refractivity contribution in [2.24, 2.45) is 10.9 Å². The molecule has 1 heterocycles. The van der Waals surface area contributed by atoms with Crippen LogP contribution in [0.25, 0.3) is 0 Å². The number of aliphatic imine (C=N–C) groups is 1. The van der Waals surface area contributed by atoms with Gasteiger partial charge in [0.15, 0.2) is 5.96 Å². The third-order valence-corrected chi connectivity index (χ3v) is 4.12. The summed E-state index contributed by atoms with van der Waals surface area (Å²) in [7, 11) is 1.87. The second kappa shape index (κ2) is 8.29. The normalized spacial score (nSPS) is 28.7. The summed E-state index contributed by atoms with van der Waals surface area (Å²) in [5.74, 6) is 1.81. The molecule has 2 atom stereocenters. The van der Waals surface area contributed by atoms with Gasteiger partial charge in [-0.15, -0.1) is 24.0 Å². The molecule has 0 aromatic heterocycles. The molecular weight excluding hydrogens is 351 g/mol. The molecule has 4 nitrogen and oxygen atoms in total. The first-order valence-corrected chi connectivity index (χ1v) is 7.45. The van der Waals surface area contributed by atoms with Crippen molar-refractivity contribution >= 4 is 29.9 Å². The molecule has 5 heteroatoms. The van der Waals surface area contributed by atoms with Gasteiger partial charge in [-0.25, -0.2) is 0 Å². The van der Waals surface area contributed by atoms with E-state index in [0.717, 1.165) is 11.9 Å². The highest BCUT2D eigenvalue weighted by Gasteiger charge is 2.33. The van der Waals surface area contributed by atoms with Gasteiger partial charge in [0.05, 0.1) is 0 Å². The molecule has 2 unspecified atom stereocenters. The van der Waals surface area contributed by atoms with E-state index in [1.807, 2.05) is 7.05 Å². The molecule has 1 aliphatic carbocycles. The molecule has 0 amide bonds. The van der Waals surface area contributed by atoms with E-state index in [0.29, 0.717) is 12.1 Å². The van der Waals surface area contributed by atoms with Crippen molar-refractivity contribution in [2.75, 3.05) is 26.7 Å². The van der Waals surface area contributed by atoms with Crippen LogP contribution in [0, 0.1) is 5.92 Å². The van der Waals surface area contributed by atoms with Crippen LogP contribution < -0.4 is 10.6 Å². The molecule has 2 N–H and O–H groups in total. The van der Waals surface area contributed by atoms with Gasteiger partial charge in [0, 0.05) is 32.2 Å². The lowest BCUT2D eigenvalue weighted by atomic mass is 10.1. The highest BCUT2D eigenvalue weighted by Crippen LogP contribution is 2.28. The maximum absolute atomic E-state index is 4.33. The predicted octanol–water partition coefficient (Wildman–Crippen LogP) is 2.05. The Balaban J connectivity index is 0.00000180. The van der Waals surface area contributed by atoms with E-state index >= 15 is 0 Å². The first-order valence-electron chi connectivity index (χ1n) is 7.45. The zero-order chi connectivity index (χ0) is 13.0. The molecule has 0 spiro atoms. The summed E-state index contributed by atoms with van der Waals surface area (Å²) in [6.07, 6.45) is 5.03. The van der Waals surface area contributed by atoms with E-state index in [4.69, 9.17) is 0 Å². The lowest BCUT2D eigenvalue weighted by Crippen LogP contribution is -2.49. The number of piperidine rings is 1. The van der Waals surface area contributed by atoms with Crippen LogP contribution in [0.15, 0.2) is 4.99 Å². The Morgan fingerprint density at radius 3 is 2.37 bits per heavy atom. The number of nitrogens with zero attached hydrogens (tertiary/aromatic N) is 2. The van der Waals surface area contributed by atoms with E-state index in [9.17, 15) is 0 Å². The Labute approximate surface area is 134 Å². The number of hydrogen-bond donors (Lipinski definition) is 2. The van der Waals surface area contributed by atoms with Crippen LogP contribution in [-0.4, -0.2) is 49.6 Å². The van der Waals surface area contributed by atoms with E-state index < -0.39 is 0 Å². The summed E-state index contributed by atoms with van der Waals surface area (Å²) in [6, 6.07) is 1.25. The average Bonchev–Trinajstić information content (AvgIpc) is 3.07. The van der Waals surface area contributed by atoms with Crippen LogP contribution in [0.4, 0.5) is 0 Å². The molecule has 1 aliphatic heterocycles. The van der Waals surface area contributed by atoms with Crippen molar-refractivity contribution < 1.29 is 0 Å². The summed E-state index contributed by atoms with van der Waals surface area (Å²) < 4.78 is 0. The Hall–Kier alpha value is -0.0400. The Bertz CT molecular complexity index is 287. The van der Waals surface area contributed by atoms with Gasteiger partial charge in [0.2, 0.25) is 0 Å². The van der Waals surface area contributed by atoms with Gasteiger partial charge in [-0.05, 0) is 38.1 Å². The minimum atomic E-state index is 0. The van der Waals surface area contributed by atoms with Crippen LogP contribution >= 0.6 is 24.0 Å². The fourth-order valence-corrected chi connectivity index (χ4v) is 2.68. The highest BCUT2D eigenvalue weighted by atomic mass is 127. The molecule has 0 radical (unpaired) electrons. The zero-order valence-electron chi connectivity index (χ0n) is 12.5. The largest absolute Gasteiger partial charge is 0.354 e. The number of hydrogen-bond acceptors (Lipinski definition) is 2. The molecule has 2 aliphatic rings. The van der Waals surface area contributed by atoms with Gasteiger partial charge in [0.25, 0.3) is 0 Å². The quantitative estimate of drug-likeness (QED) is 0.446. The Kier molecular flexibility index (Phi) is 7.42. The smallest absolute Gasteiger partial charge is 0.191 e. The summed E-state index contributed by atoms with van der Waals surface area (Å²) in [5.41, 5.74) is 0. The summed E-state index contributed by atoms with van der Waals surface area (Å²) >= 11 is 0. The summed E-state index contributed by atoms with van der Waals surface area (Å²) in [6.45, 7) is 8.24. The first kappa shape index (κ1) is 17.0. The van der Waals surface area contributed by atoms with Crippen molar-refractivity contribution in [3.63, 3.8) is 0 Å². The fraction of sp³-hybridized carbons (Fsp3) is 0.929. The predicted molar refractivity (Wildman–Crippen MR) is 92.4 cm³/mol. The lowest BCUT2D eigenvalue weighted by Gasteiger charge is -2.32. The van der Waals surface area contributed by atoms with Crippen LogP contribution in [0.2, 0.25) is 0 Å². The maximum atomic E-state index is 4.33. The molecule has 0 aromatic carbocycles. The summed E-state index contributed by atoms with van der Waals surface area (Å²) in [5, 5.41) is 7.07. The molecule has 1 saturated carbocycles. The number of likely N-dealkylation sites (tertiary alicyclic amines) is 1. The van der Waals surface area contributed by atoms with Crippen LogP contribution in [0.5, 0.6) is 0 Å². The number of halogens is 1. The topological polar surface area (TPSA) is 39.7 Å². The van der Waals surface area contributed by atoms with E-state index in [1.165, 1.54) is 45.3 Å². The van der Waals surface area contributed by atoms with Crippen LogP contribution in [0.3, 0.4) is 0 Å². The maximum Gasteiger partial charge on any atom is 0.191 e. The minimum Gasteiger partial charge on any atom is -0.354 e. The van der Waals surface area contributed by atoms with E-state index in [2.05, 4.69) is 34.4 Å². The van der Waals surface area contributed by atoms with Crippen molar-refractivity contribution in [3.8, 4) is 0 Å². The fourth-order valence-electron chi connectivity index (χ4n) is 2.68. The molecule has 2 fully saturated rings. The van der Waals surface area contributed by atoms with Gasteiger partial charge in [0.1, 0.15) is 0 Å². The second-order valence-electron chi connectivity index (χ2n) is 5.80. The average molecular weight is 380 g/mol.